The van der Waals surface area contributed by atoms with Crippen LogP contribution < -0.4 is 10.6 Å². The average molecular weight is 291 g/mol. The Balaban J connectivity index is 1.52. The van der Waals surface area contributed by atoms with Crippen LogP contribution in [-0.2, 0) is 6.42 Å². The highest BCUT2D eigenvalue weighted by atomic mass is 32.1. The number of thiocarbonyl (C=S) groups is 1. The smallest absolute Gasteiger partial charge is 0.166 e. The number of nitrogens with zero attached hydrogens (tertiary/aromatic N) is 1. The van der Waals surface area contributed by atoms with E-state index >= 15 is 0 Å². The zero-order valence-corrected chi connectivity index (χ0v) is 12.9. The minimum atomic E-state index is 0.776. The predicted octanol–water partition coefficient (Wildman–Crippen LogP) is 2.18. The third-order valence-electron chi connectivity index (χ3n) is 3.70. The van der Waals surface area contributed by atoms with Gasteiger partial charge >= 0.3 is 0 Å². The van der Waals surface area contributed by atoms with Crippen molar-refractivity contribution in [3.05, 3.63) is 35.9 Å². The zero-order valence-electron chi connectivity index (χ0n) is 12.1. The summed E-state index contributed by atoms with van der Waals surface area (Å²) in [5.41, 5.74) is 1.34. The summed E-state index contributed by atoms with van der Waals surface area (Å²) in [5.74, 6) is 0. The van der Waals surface area contributed by atoms with Crippen molar-refractivity contribution in [2.75, 3.05) is 32.7 Å². The zero-order chi connectivity index (χ0) is 14.0. The molecule has 4 heteroatoms. The number of likely N-dealkylation sites (tertiary alicyclic amines) is 1. The van der Waals surface area contributed by atoms with Gasteiger partial charge in [-0.05, 0) is 50.1 Å². The lowest BCUT2D eigenvalue weighted by Gasteiger charge is -2.26. The van der Waals surface area contributed by atoms with Gasteiger partial charge in [-0.15, -0.1) is 0 Å². The van der Waals surface area contributed by atoms with Gasteiger partial charge in [-0.25, -0.2) is 0 Å². The molecule has 1 aromatic rings. The highest BCUT2D eigenvalue weighted by molar-refractivity contribution is 7.80. The van der Waals surface area contributed by atoms with Crippen LogP contribution in [0.3, 0.4) is 0 Å². The first-order chi connectivity index (χ1) is 9.84. The normalized spacial score (nSPS) is 15.8. The Hall–Kier alpha value is -1.13. The summed E-state index contributed by atoms with van der Waals surface area (Å²) >= 11 is 5.30. The summed E-state index contributed by atoms with van der Waals surface area (Å²) in [4.78, 5) is 2.52. The summed E-state index contributed by atoms with van der Waals surface area (Å²) < 4.78 is 0. The number of hydrogen-bond acceptors (Lipinski definition) is 2. The third-order valence-corrected chi connectivity index (χ3v) is 3.99. The predicted molar refractivity (Wildman–Crippen MR) is 89.0 cm³/mol. The molecule has 1 aliphatic rings. The Morgan fingerprint density at radius 1 is 1.00 bits per heavy atom. The summed E-state index contributed by atoms with van der Waals surface area (Å²) in [6, 6.07) is 10.5. The molecule has 0 aromatic heterocycles. The van der Waals surface area contributed by atoms with E-state index in [1.807, 2.05) is 6.07 Å². The van der Waals surface area contributed by atoms with E-state index in [9.17, 15) is 0 Å². The highest BCUT2D eigenvalue weighted by Gasteiger charge is 2.08. The van der Waals surface area contributed by atoms with E-state index in [0.717, 1.165) is 31.2 Å². The second-order valence-electron chi connectivity index (χ2n) is 5.32. The van der Waals surface area contributed by atoms with Crippen molar-refractivity contribution in [2.24, 2.45) is 0 Å². The maximum Gasteiger partial charge on any atom is 0.166 e. The van der Waals surface area contributed by atoms with Crippen LogP contribution in [0, 0.1) is 0 Å². The van der Waals surface area contributed by atoms with Crippen LogP contribution in [0.15, 0.2) is 30.3 Å². The summed E-state index contributed by atoms with van der Waals surface area (Å²) in [7, 11) is 0. The molecule has 1 aliphatic heterocycles. The SMILES string of the molecule is S=C(NCCc1ccccc1)NCCN1CCCCC1. The quantitative estimate of drug-likeness (QED) is 0.786. The first kappa shape index (κ1) is 15.3. The molecule has 0 bridgehead atoms. The Kier molecular flexibility index (Phi) is 6.81. The molecule has 110 valence electrons. The number of benzene rings is 1. The van der Waals surface area contributed by atoms with Crippen LogP contribution in [0.5, 0.6) is 0 Å². The van der Waals surface area contributed by atoms with E-state index in [1.54, 1.807) is 0 Å². The molecule has 0 spiro atoms. The van der Waals surface area contributed by atoms with Gasteiger partial charge in [0.25, 0.3) is 0 Å². The standard InChI is InChI=1S/C16H25N3S/c20-16(17-10-9-15-7-3-1-4-8-15)18-11-14-19-12-5-2-6-13-19/h1,3-4,7-8H,2,5-6,9-14H2,(H2,17,18,20). The fourth-order valence-corrected chi connectivity index (χ4v) is 2.74. The lowest BCUT2D eigenvalue weighted by Crippen LogP contribution is -2.42. The molecular weight excluding hydrogens is 266 g/mol. The number of piperidine rings is 1. The van der Waals surface area contributed by atoms with Crippen molar-refractivity contribution >= 4 is 17.3 Å². The molecule has 0 radical (unpaired) electrons. The van der Waals surface area contributed by atoms with E-state index in [-0.39, 0.29) is 0 Å². The maximum absolute atomic E-state index is 5.30. The minimum absolute atomic E-state index is 0.776. The second kappa shape index (κ2) is 8.93. The van der Waals surface area contributed by atoms with Crippen molar-refractivity contribution in [3.8, 4) is 0 Å². The van der Waals surface area contributed by atoms with Crippen molar-refractivity contribution in [1.82, 2.24) is 15.5 Å². The molecule has 1 fully saturated rings. The van der Waals surface area contributed by atoms with Crippen molar-refractivity contribution in [1.29, 1.82) is 0 Å². The van der Waals surface area contributed by atoms with Gasteiger partial charge in [0.2, 0.25) is 0 Å². The first-order valence-corrected chi connectivity index (χ1v) is 8.03. The molecule has 2 rings (SSSR count). The van der Waals surface area contributed by atoms with E-state index < -0.39 is 0 Å². The van der Waals surface area contributed by atoms with Gasteiger partial charge in [0.1, 0.15) is 0 Å². The lowest BCUT2D eigenvalue weighted by atomic mass is 10.1. The van der Waals surface area contributed by atoms with Crippen LogP contribution in [0.2, 0.25) is 0 Å². The van der Waals surface area contributed by atoms with Crippen molar-refractivity contribution in [3.63, 3.8) is 0 Å². The monoisotopic (exact) mass is 291 g/mol. The fourth-order valence-electron chi connectivity index (χ4n) is 2.54. The number of rotatable bonds is 6. The van der Waals surface area contributed by atoms with Crippen LogP contribution >= 0.6 is 12.2 Å². The second-order valence-corrected chi connectivity index (χ2v) is 5.73. The van der Waals surface area contributed by atoms with Gasteiger partial charge in [0.05, 0.1) is 0 Å². The maximum atomic E-state index is 5.30. The van der Waals surface area contributed by atoms with E-state index in [0.29, 0.717) is 0 Å². The Morgan fingerprint density at radius 2 is 1.70 bits per heavy atom. The molecule has 0 amide bonds. The van der Waals surface area contributed by atoms with Gasteiger partial charge in [0, 0.05) is 19.6 Å². The summed E-state index contributed by atoms with van der Waals surface area (Å²) in [5, 5.41) is 7.34. The van der Waals surface area contributed by atoms with Crippen LogP contribution in [0.1, 0.15) is 24.8 Å². The molecule has 1 heterocycles. The van der Waals surface area contributed by atoms with Gasteiger partial charge < -0.3 is 15.5 Å². The Morgan fingerprint density at radius 3 is 2.45 bits per heavy atom. The Bertz CT molecular complexity index is 388. The molecule has 1 saturated heterocycles. The molecule has 0 saturated carbocycles. The van der Waals surface area contributed by atoms with Crippen molar-refractivity contribution < 1.29 is 0 Å². The number of nitrogens with one attached hydrogen (secondary N) is 2. The molecule has 0 aliphatic carbocycles. The van der Waals surface area contributed by atoms with Gasteiger partial charge in [-0.1, -0.05) is 36.8 Å². The summed E-state index contributed by atoms with van der Waals surface area (Å²) in [6.07, 6.45) is 5.09. The van der Waals surface area contributed by atoms with E-state index in [4.69, 9.17) is 12.2 Å². The Labute approximate surface area is 127 Å². The van der Waals surface area contributed by atoms with Gasteiger partial charge in [-0.2, -0.15) is 0 Å². The fraction of sp³-hybridized carbons (Fsp3) is 0.562. The van der Waals surface area contributed by atoms with Crippen molar-refractivity contribution in [2.45, 2.75) is 25.7 Å². The third kappa shape index (κ3) is 5.88. The van der Waals surface area contributed by atoms with Gasteiger partial charge in [-0.3, -0.25) is 0 Å². The molecule has 1 aromatic carbocycles. The minimum Gasteiger partial charge on any atom is -0.362 e. The largest absolute Gasteiger partial charge is 0.362 e. The van der Waals surface area contributed by atoms with Gasteiger partial charge in [0.15, 0.2) is 5.11 Å². The summed E-state index contributed by atoms with van der Waals surface area (Å²) in [6.45, 7) is 5.42. The van der Waals surface area contributed by atoms with E-state index in [1.165, 1.54) is 37.9 Å². The lowest BCUT2D eigenvalue weighted by molar-refractivity contribution is 0.232. The molecule has 0 atom stereocenters. The van der Waals surface area contributed by atoms with Crippen LogP contribution in [0.25, 0.3) is 0 Å². The number of hydrogen-bond donors (Lipinski definition) is 2. The van der Waals surface area contributed by atoms with Crippen LogP contribution in [0.4, 0.5) is 0 Å². The van der Waals surface area contributed by atoms with Crippen LogP contribution in [-0.4, -0.2) is 42.7 Å². The molecule has 2 N–H and O–H groups in total. The topological polar surface area (TPSA) is 27.3 Å². The molecule has 0 unspecified atom stereocenters. The van der Waals surface area contributed by atoms with E-state index in [2.05, 4.69) is 39.8 Å². The molecular formula is C16H25N3S. The first-order valence-electron chi connectivity index (χ1n) is 7.62. The highest BCUT2D eigenvalue weighted by Crippen LogP contribution is 2.07. The molecule has 20 heavy (non-hydrogen) atoms. The molecule has 3 nitrogen and oxygen atoms in total. The average Bonchev–Trinajstić information content (AvgIpc) is 2.49.